The van der Waals surface area contributed by atoms with Crippen LogP contribution in [0, 0.1) is 0 Å². The van der Waals surface area contributed by atoms with Crippen LogP contribution in [0.3, 0.4) is 0 Å². The van der Waals surface area contributed by atoms with Gasteiger partial charge < -0.3 is 27.9 Å². The normalized spacial score (nSPS) is 19.9. The van der Waals surface area contributed by atoms with Crippen LogP contribution in [0.15, 0.2) is 30.3 Å². The van der Waals surface area contributed by atoms with E-state index in [1.807, 2.05) is 18.2 Å². The maximum absolute atomic E-state index is 11.7. The molecule has 7 nitrogen and oxygen atoms in total. The van der Waals surface area contributed by atoms with Crippen LogP contribution >= 0.6 is 7.82 Å². The lowest BCUT2D eigenvalue weighted by Gasteiger charge is -2.37. The molecule has 0 bridgehead atoms. The summed E-state index contributed by atoms with van der Waals surface area (Å²) < 4.78 is 32.8. The number of quaternary nitrogens is 1. The molecule has 0 aliphatic carbocycles. The van der Waals surface area contributed by atoms with E-state index in [4.69, 9.17) is 18.5 Å². The van der Waals surface area contributed by atoms with Crippen molar-refractivity contribution in [3.05, 3.63) is 30.3 Å². The molecule has 1 fully saturated rings. The van der Waals surface area contributed by atoms with Crippen LogP contribution in [0.5, 0.6) is 5.75 Å². The molecule has 0 spiro atoms. The van der Waals surface area contributed by atoms with Gasteiger partial charge in [-0.2, -0.15) is 0 Å². The number of para-hydroxylation sites is 1. The van der Waals surface area contributed by atoms with Gasteiger partial charge in [-0.15, -0.1) is 0 Å². The topological polar surface area (TPSA) is 77.1 Å². The van der Waals surface area contributed by atoms with Crippen LogP contribution in [0.4, 0.5) is 0 Å². The summed E-state index contributed by atoms with van der Waals surface area (Å²) in [5.41, 5.74) is 0. The quantitative estimate of drug-likeness (QED) is 0.378. The van der Waals surface area contributed by atoms with E-state index in [1.54, 1.807) is 12.1 Å². The highest BCUT2D eigenvalue weighted by molar-refractivity contribution is 7.45. The summed E-state index contributed by atoms with van der Waals surface area (Å²) in [6, 6.07) is 9.14. The molecule has 0 N–H and O–H groups in total. The zero-order valence-corrected chi connectivity index (χ0v) is 14.3. The molecule has 8 heteroatoms. The third-order valence-electron chi connectivity index (χ3n) is 3.78. The van der Waals surface area contributed by atoms with Crippen LogP contribution < -0.4 is 9.63 Å². The van der Waals surface area contributed by atoms with Crippen molar-refractivity contribution in [3.8, 4) is 5.75 Å². The highest BCUT2D eigenvalue weighted by Crippen LogP contribution is 2.37. The fourth-order valence-corrected chi connectivity index (χ4v) is 2.92. The summed E-state index contributed by atoms with van der Waals surface area (Å²) in [4.78, 5) is 11.7. The summed E-state index contributed by atoms with van der Waals surface area (Å²) in [6.07, 6.45) is 0. The number of phosphoric acid groups is 1. The number of hydrogen-bond acceptors (Lipinski definition) is 6. The Balaban J connectivity index is 1.61. The zero-order valence-electron chi connectivity index (χ0n) is 13.4. The van der Waals surface area contributed by atoms with Gasteiger partial charge in [-0.25, -0.2) is 0 Å². The summed E-state index contributed by atoms with van der Waals surface area (Å²) in [7, 11) is -2.22. The Morgan fingerprint density at radius 2 is 1.78 bits per heavy atom. The molecule has 0 saturated carbocycles. The number of likely N-dealkylation sites (N-methyl/N-ethyl adjacent to an activating group) is 1. The zero-order chi connectivity index (χ0) is 16.6. The summed E-state index contributed by atoms with van der Waals surface area (Å²) >= 11 is 0. The second-order valence-electron chi connectivity index (χ2n) is 5.68. The van der Waals surface area contributed by atoms with Gasteiger partial charge in [0.25, 0.3) is 7.82 Å². The standard InChI is InChI=1S/C15H24NO6P/c1-16(7-10-19-11-8-16)9-12-21-23(17,18)22-14-13-20-15-5-3-2-4-6-15/h2-6H,7-14H2,1H3. The second-order valence-corrected chi connectivity index (χ2v) is 7.09. The highest BCUT2D eigenvalue weighted by atomic mass is 31.2. The Bertz CT molecular complexity index is 506. The fourth-order valence-electron chi connectivity index (χ4n) is 2.24. The molecule has 1 aliphatic heterocycles. The molecule has 1 atom stereocenters. The molecule has 1 heterocycles. The van der Waals surface area contributed by atoms with Gasteiger partial charge in [0, 0.05) is 0 Å². The summed E-state index contributed by atoms with van der Waals surface area (Å²) in [6.45, 7) is 3.89. The third kappa shape index (κ3) is 6.99. The average molecular weight is 345 g/mol. The number of nitrogens with zero attached hydrogens (tertiary/aromatic N) is 1. The van der Waals surface area contributed by atoms with Crippen molar-refractivity contribution in [1.29, 1.82) is 0 Å². The predicted octanol–water partition coefficient (Wildman–Crippen LogP) is 1.04. The lowest BCUT2D eigenvalue weighted by molar-refractivity contribution is -0.916. The van der Waals surface area contributed by atoms with Gasteiger partial charge in [0.2, 0.25) is 0 Å². The Kier molecular flexibility index (Phi) is 7.02. The minimum atomic E-state index is -4.28. The van der Waals surface area contributed by atoms with Crippen molar-refractivity contribution in [1.82, 2.24) is 0 Å². The van der Waals surface area contributed by atoms with E-state index in [0.29, 0.717) is 25.5 Å². The lowest BCUT2D eigenvalue weighted by Crippen LogP contribution is -2.53. The van der Waals surface area contributed by atoms with Crippen molar-refractivity contribution in [3.63, 3.8) is 0 Å². The Hall–Kier alpha value is -0.950. The molecule has 1 unspecified atom stereocenters. The molecule has 1 aromatic rings. The first kappa shape index (κ1) is 18.4. The molecule has 0 radical (unpaired) electrons. The highest BCUT2D eigenvalue weighted by Gasteiger charge is 2.25. The Labute approximate surface area is 136 Å². The van der Waals surface area contributed by atoms with E-state index in [0.717, 1.165) is 17.6 Å². The molecule has 23 heavy (non-hydrogen) atoms. The van der Waals surface area contributed by atoms with Gasteiger partial charge >= 0.3 is 0 Å². The van der Waals surface area contributed by atoms with Crippen LogP contribution in [-0.2, 0) is 18.3 Å². The third-order valence-corrected chi connectivity index (χ3v) is 4.77. The van der Waals surface area contributed by atoms with Gasteiger partial charge in [0.15, 0.2) is 0 Å². The minimum absolute atomic E-state index is 0.0738. The van der Waals surface area contributed by atoms with Crippen molar-refractivity contribution in [2.24, 2.45) is 0 Å². The van der Waals surface area contributed by atoms with E-state index < -0.39 is 7.82 Å². The second kappa shape index (κ2) is 8.78. The van der Waals surface area contributed by atoms with E-state index in [2.05, 4.69) is 7.05 Å². The SMILES string of the molecule is C[N+]1(CCOP(=O)([O-])OCCOc2ccccc2)CCOCC1. The van der Waals surface area contributed by atoms with Crippen LogP contribution in [0.2, 0.25) is 0 Å². The molecule has 130 valence electrons. The van der Waals surface area contributed by atoms with Gasteiger partial charge in [-0.3, -0.25) is 4.57 Å². The summed E-state index contributed by atoms with van der Waals surface area (Å²) in [5, 5.41) is 0. The molecule has 0 aromatic heterocycles. The van der Waals surface area contributed by atoms with Gasteiger partial charge in [0.05, 0.1) is 26.9 Å². The molecular formula is C15H24NO6P. The number of ether oxygens (including phenoxy) is 2. The molecule has 1 aliphatic rings. The number of morpholine rings is 1. The van der Waals surface area contributed by atoms with Crippen LogP contribution in [0.25, 0.3) is 0 Å². The fraction of sp³-hybridized carbons (Fsp3) is 0.600. The Morgan fingerprint density at radius 1 is 1.13 bits per heavy atom. The van der Waals surface area contributed by atoms with Crippen molar-refractivity contribution in [2.75, 3.05) is 59.7 Å². The lowest BCUT2D eigenvalue weighted by atomic mass is 10.3. The van der Waals surface area contributed by atoms with E-state index in [-0.39, 0.29) is 19.8 Å². The molecule has 1 aromatic carbocycles. The van der Waals surface area contributed by atoms with Gasteiger partial charge in [0.1, 0.15) is 38.6 Å². The first-order valence-electron chi connectivity index (χ1n) is 7.68. The van der Waals surface area contributed by atoms with E-state index in [1.165, 1.54) is 0 Å². The first-order valence-corrected chi connectivity index (χ1v) is 9.14. The maximum atomic E-state index is 11.7. The average Bonchev–Trinajstić information content (AvgIpc) is 2.53. The van der Waals surface area contributed by atoms with E-state index in [9.17, 15) is 9.46 Å². The number of benzene rings is 1. The molecule has 1 saturated heterocycles. The summed E-state index contributed by atoms with van der Waals surface area (Å²) in [5.74, 6) is 0.669. The van der Waals surface area contributed by atoms with Crippen molar-refractivity contribution in [2.45, 2.75) is 0 Å². The smallest absolute Gasteiger partial charge is 0.268 e. The first-order chi connectivity index (χ1) is 11.0. The Morgan fingerprint density at radius 3 is 2.48 bits per heavy atom. The number of hydrogen-bond donors (Lipinski definition) is 0. The van der Waals surface area contributed by atoms with Gasteiger partial charge in [-0.05, 0) is 12.1 Å². The molecule has 2 rings (SSSR count). The van der Waals surface area contributed by atoms with Gasteiger partial charge in [-0.1, -0.05) is 18.2 Å². The number of rotatable bonds is 9. The predicted molar refractivity (Wildman–Crippen MR) is 83.1 cm³/mol. The largest absolute Gasteiger partial charge is 0.756 e. The molecule has 0 amide bonds. The maximum Gasteiger partial charge on any atom is 0.268 e. The van der Waals surface area contributed by atoms with E-state index >= 15 is 0 Å². The molecular weight excluding hydrogens is 321 g/mol. The van der Waals surface area contributed by atoms with Crippen molar-refractivity contribution < 1.29 is 32.5 Å². The van der Waals surface area contributed by atoms with Crippen molar-refractivity contribution >= 4 is 7.82 Å². The minimum Gasteiger partial charge on any atom is -0.756 e. The van der Waals surface area contributed by atoms with Crippen LogP contribution in [-0.4, -0.2) is 64.2 Å². The van der Waals surface area contributed by atoms with Crippen LogP contribution in [0.1, 0.15) is 0 Å². The monoisotopic (exact) mass is 345 g/mol. The number of phosphoric ester groups is 1.